The Hall–Kier alpha value is -3.02. The Morgan fingerprint density at radius 2 is 1.74 bits per heavy atom. The number of ether oxygens (including phenoxy) is 3. The molecule has 0 saturated carbocycles. The minimum Gasteiger partial charge on any atom is -0.497 e. The van der Waals surface area contributed by atoms with E-state index in [9.17, 15) is 4.79 Å². The first kappa shape index (κ1) is 18.8. The number of benzene rings is 2. The molecule has 1 heterocycles. The Balaban J connectivity index is 1.95. The van der Waals surface area contributed by atoms with E-state index in [0.29, 0.717) is 29.4 Å². The number of hydrazone groups is 1. The first-order chi connectivity index (χ1) is 12.9. The molecule has 6 heteroatoms. The Bertz CT molecular complexity index is 890. The Kier molecular flexibility index (Phi) is 5.08. The molecule has 0 aromatic heterocycles. The molecule has 2 aromatic carbocycles. The maximum absolute atomic E-state index is 12.9. The second-order valence-electron chi connectivity index (χ2n) is 7.00. The van der Waals surface area contributed by atoms with E-state index in [4.69, 9.17) is 14.2 Å². The number of hydrogen-bond acceptors (Lipinski definition) is 5. The fourth-order valence-corrected chi connectivity index (χ4v) is 3.20. The molecule has 0 aliphatic carbocycles. The predicted octanol–water partition coefficient (Wildman–Crippen LogP) is 3.60. The lowest BCUT2D eigenvalue weighted by atomic mass is 9.84. The number of methoxy groups -OCH3 is 3. The molecular weight excluding hydrogens is 344 g/mol. The van der Waals surface area contributed by atoms with Gasteiger partial charge in [0.05, 0.1) is 33.6 Å². The predicted molar refractivity (Wildman–Crippen MR) is 104 cm³/mol. The molecular formula is C21H24N2O4. The summed E-state index contributed by atoms with van der Waals surface area (Å²) in [5.74, 6) is 1.77. The number of carbonyl (C=O) groups is 1. The number of carbonyl (C=O) groups excluding carboxylic acids is 1. The zero-order valence-corrected chi connectivity index (χ0v) is 16.3. The van der Waals surface area contributed by atoms with E-state index in [1.165, 1.54) is 5.01 Å². The highest BCUT2D eigenvalue weighted by molar-refractivity contribution is 6.08. The third-order valence-corrected chi connectivity index (χ3v) is 4.61. The van der Waals surface area contributed by atoms with Crippen LogP contribution in [0.1, 0.15) is 29.8 Å². The maximum atomic E-state index is 12.9. The van der Waals surface area contributed by atoms with Gasteiger partial charge < -0.3 is 14.2 Å². The van der Waals surface area contributed by atoms with Crippen LogP contribution in [0, 0.1) is 5.41 Å². The zero-order valence-electron chi connectivity index (χ0n) is 16.3. The van der Waals surface area contributed by atoms with Crippen molar-refractivity contribution in [3.05, 3.63) is 53.6 Å². The van der Waals surface area contributed by atoms with E-state index in [0.717, 1.165) is 11.3 Å². The smallest absolute Gasteiger partial charge is 0.274 e. The third-order valence-electron chi connectivity index (χ3n) is 4.61. The lowest BCUT2D eigenvalue weighted by Crippen LogP contribution is -2.31. The van der Waals surface area contributed by atoms with Crippen molar-refractivity contribution in [3.8, 4) is 17.2 Å². The van der Waals surface area contributed by atoms with E-state index in [1.807, 2.05) is 24.3 Å². The normalized spacial score (nSPS) is 15.3. The largest absolute Gasteiger partial charge is 0.497 e. The zero-order chi connectivity index (χ0) is 19.6. The second-order valence-corrected chi connectivity index (χ2v) is 7.00. The van der Waals surface area contributed by atoms with Gasteiger partial charge >= 0.3 is 0 Å². The number of hydrogen-bond donors (Lipinski definition) is 0. The molecule has 0 unspecified atom stereocenters. The minimum absolute atomic E-state index is 0.155. The van der Waals surface area contributed by atoms with Gasteiger partial charge in [-0.05, 0) is 36.4 Å². The second kappa shape index (κ2) is 7.31. The van der Waals surface area contributed by atoms with Gasteiger partial charge in [0.1, 0.15) is 5.75 Å². The van der Waals surface area contributed by atoms with Gasteiger partial charge in [0.2, 0.25) is 0 Å². The van der Waals surface area contributed by atoms with Crippen LogP contribution in [-0.2, 0) is 0 Å². The van der Waals surface area contributed by atoms with Gasteiger partial charge in [-0.1, -0.05) is 19.9 Å². The van der Waals surface area contributed by atoms with Crippen LogP contribution in [0.15, 0.2) is 47.6 Å². The summed E-state index contributed by atoms with van der Waals surface area (Å²) in [5.41, 5.74) is 1.98. The summed E-state index contributed by atoms with van der Waals surface area (Å²) in [6.45, 7) is 4.63. The summed E-state index contributed by atoms with van der Waals surface area (Å²) in [6.07, 6.45) is 0. The van der Waals surface area contributed by atoms with Crippen molar-refractivity contribution in [2.75, 3.05) is 27.9 Å². The molecule has 6 nitrogen and oxygen atoms in total. The van der Waals surface area contributed by atoms with Crippen molar-refractivity contribution in [2.45, 2.75) is 13.8 Å². The first-order valence-electron chi connectivity index (χ1n) is 8.67. The van der Waals surface area contributed by atoms with Gasteiger partial charge in [-0.15, -0.1) is 0 Å². The number of nitrogens with zero attached hydrogens (tertiary/aromatic N) is 2. The molecule has 0 saturated heterocycles. The molecule has 1 aliphatic rings. The molecule has 142 valence electrons. The molecule has 0 fully saturated rings. The molecule has 0 spiro atoms. The van der Waals surface area contributed by atoms with Crippen LogP contribution in [0.3, 0.4) is 0 Å². The van der Waals surface area contributed by atoms with Gasteiger partial charge in [-0.2, -0.15) is 5.10 Å². The van der Waals surface area contributed by atoms with E-state index in [2.05, 4.69) is 18.9 Å². The van der Waals surface area contributed by atoms with Crippen molar-refractivity contribution in [3.63, 3.8) is 0 Å². The average Bonchev–Trinajstić information content (AvgIpc) is 3.01. The molecule has 1 aliphatic heterocycles. The summed E-state index contributed by atoms with van der Waals surface area (Å²) in [4.78, 5) is 12.9. The Morgan fingerprint density at radius 1 is 1.00 bits per heavy atom. The van der Waals surface area contributed by atoms with Crippen LogP contribution in [-0.4, -0.2) is 44.5 Å². The van der Waals surface area contributed by atoms with Crippen molar-refractivity contribution in [2.24, 2.45) is 10.5 Å². The van der Waals surface area contributed by atoms with Crippen molar-refractivity contribution < 1.29 is 19.0 Å². The van der Waals surface area contributed by atoms with Gasteiger partial charge in [0, 0.05) is 16.5 Å². The first-order valence-corrected chi connectivity index (χ1v) is 8.67. The van der Waals surface area contributed by atoms with Crippen LogP contribution >= 0.6 is 0 Å². The van der Waals surface area contributed by atoms with Crippen LogP contribution < -0.4 is 14.2 Å². The van der Waals surface area contributed by atoms with Crippen molar-refractivity contribution in [1.82, 2.24) is 5.01 Å². The highest BCUT2D eigenvalue weighted by Gasteiger charge is 2.38. The quantitative estimate of drug-likeness (QED) is 0.809. The monoisotopic (exact) mass is 368 g/mol. The SMILES string of the molecule is COc1cccc(C(=O)N2CC(C)(C)C(c3ccc(OC)c(OC)c3)=N2)c1. The van der Waals surface area contributed by atoms with Gasteiger partial charge in [-0.3, -0.25) is 4.79 Å². The number of rotatable bonds is 5. The van der Waals surface area contributed by atoms with E-state index in [-0.39, 0.29) is 11.3 Å². The topological polar surface area (TPSA) is 60.4 Å². The van der Waals surface area contributed by atoms with Gasteiger partial charge in [0.15, 0.2) is 11.5 Å². The van der Waals surface area contributed by atoms with Gasteiger partial charge in [0.25, 0.3) is 5.91 Å². The lowest BCUT2D eigenvalue weighted by molar-refractivity contribution is 0.0753. The molecule has 2 aromatic rings. The van der Waals surface area contributed by atoms with E-state index >= 15 is 0 Å². The standard InChI is InChI=1S/C21H24N2O4/c1-21(2)13-23(20(24)15-7-6-8-16(11-15)25-3)22-19(21)14-9-10-17(26-4)18(12-14)27-5/h6-12H,13H2,1-5H3. The molecule has 27 heavy (non-hydrogen) atoms. The summed E-state index contributed by atoms with van der Waals surface area (Å²) in [5, 5.41) is 6.15. The summed E-state index contributed by atoms with van der Waals surface area (Å²) in [6, 6.07) is 12.8. The average molecular weight is 368 g/mol. The minimum atomic E-state index is -0.297. The molecule has 0 radical (unpaired) electrons. The fourth-order valence-electron chi connectivity index (χ4n) is 3.20. The molecule has 0 bridgehead atoms. The van der Waals surface area contributed by atoms with E-state index < -0.39 is 0 Å². The highest BCUT2D eigenvalue weighted by Crippen LogP contribution is 2.35. The molecule has 3 rings (SSSR count). The lowest BCUT2D eigenvalue weighted by Gasteiger charge is -2.21. The number of amides is 1. The molecule has 0 atom stereocenters. The van der Waals surface area contributed by atoms with Crippen LogP contribution in [0.4, 0.5) is 0 Å². The van der Waals surface area contributed by atoms with Crippen LogP contribution in [0.25, 0.3) is 0 Å². The summed E-state index contributed by atoms with van der Waals surface area (Å²) in [7, 11) is 4.78. The maximum Gasteiger partial charge on any atom is 0.274 e. The van der Waals surface area contributed by atoms with Crippen molar-refractivity contribution >= 4 is 11.6 Å². The van der Waals surface area contributed by atoms with Crippen LogP contribution in [0.5, 0.6) is 17.2 Å². The van der Waals surface area contributed by atoms with E-state index in [1.54, 1.807) is 39.5 Å². The van der Waals surface area contributed by atoms with Crippen LogP contribution in [0.2, 0.25) is 0 Å². The van der Waals surface area contributed by atoms with Crippen molar-refractivity contribution in [1.29, 1.82) is 0 Å². The fraction of sp³-hybridized carbons (Fsp3) is 0.333. The molecule has 0 N–H and O–H groups in total. The summed E-state index contributed by atoms with van der Waals surface area (Å²) >= 11 is 0. The van der Waals surface area contributed by atoms with Gasteiger partial charge in [-0.25, -0.2) is 5.01 Å². The molecule has 1 amide bonds. The Morgan fingerprint density at radius 3 is 2.41 bits per heavy atom. The summed E-state index contributed by atoms with van der Waals surface area (Å²) < 4.78 is 15.9. The Labute approximate surface area is 159 Å². The third kappa shape index (κ3) is 3.60. The highest BCUT2D eigenvalue weighted by atomic mass is 16.5.